The third kappa shape index (κ3) is 4.96. The lowest BCUT2D eigenvalue weighted by molar-refractivity contribution is 0.669. The molecule has 0 fully saturated rings. The molecule has 8 aromatic carbocycles. The Morgan fingerprint density at radius 2 is 1.04 bits per heavy atom. The molecule has 3 nitrogen and oxygen atoms in total. The molecule has 0 aliphatic heterocycles. The summed E-state index contributed by atoms with van der Waals surface area (Å²) in [6.07, 6.45) is 0. The summed E-state index contributed by atoms with van der Waals surface area (Å²) in [7, 11) is 0. The Labute approximate surface area is 327 Å². The summed E-state index contributed by atoms with van der Waals surface area (Å²) in [6.45, 7) is 0. The monoisotopic (exact) mass is 756 g/mol. The Kier molecular flexibility index (Phi) is 6.84. The number of benzene rings is 8. The van der Waals surface area contributed by atoms with E-state index in [0.29, 0.717) is 0 Å². The SMILES string of the molecule is c1ccc(-c2nc3ccc4oc5ccc(-c6ccc(N(c7ccc8c(c7)sc7ccccc78)c7ccc8sc9ccccc9c8c7)cc6)cc5c4c3s2)cc1. The van der Waals surface area contributed by atoms with E-state index in [-0.39, 0.29) is 0 Å². The second-order valence-corrected chi connectivity index (χ2v) is 17.1. The molecule has 0 radical (unpaired) electrons. The highest BCUT2D eigenvalue weighted by molar-refractivity contribution is 7.26. The van der Waals surface area contributed by atoms with Crippen LogP contribution in [-0.2, 0) is 0 Å². The van der Waals surface area contributed by atoms with E-state index in [2.05, 4.69) is 169 Å². The van der Waals surface area contributed by atoms with Crippen LogP contribution in [-0.4, -0.2) is 4.98 Å². The molecular weight excluding hydrogens is 729 g/mol. The molecule has 0 N–H and O–H groups in total. The van der Waals surface area contributed by atoms with Gasteiger partial charge in [-0.2, -0.15) is 0 Å². The van der Waals surface area contributed by atoms with E-state index in [9.17, 15) is 0 Å². The fraction of sp³-hybridized carbons (Fsp3) is 0. The van der Waals surface area contributed by atoms with Crippen LogP contribution in [0.4, 0.5) is 17.1 Å². The minimum absolute atomic E-state index is 0.886. The van der Waals surface area contributed by atoms with Gasteiger partial charge in [-0.1, -0.05) is 91.0 Å². The topological polar surface area (TPSA) is 29.3 Å². The van der Waals surface area contributed by atoms with Crippen molar-refractivity contribution in [3.63, 3.8) is 0 Å². The lowest BCUT2D eigenvalue weighted by Gasteiger charge is -2.26. The smallest absolute Gasteiger partial charge is 0.137 e. The van der Waals surface area contributed by atoms with E-state index in [1.807, 2.05) is 28.7 Å². The van der Waals surface area contributed by atoms with E-state index in [1.54, 1.807) is 11.3 Å². The molecule has 0 saturated heterocycles. The summed E-state index contributed by atoms with van der Waals surface area (Å²) in [4.78, 5) is 7.41. The van der Waals surface area contributed by atoms with Gasteiger partial charge in [0.15, 0.2) is 0 Å². The van der Waals surface area contributed by atoms with Crippen molar-refractivity contribution in [1.82, 2.24) is 4.98 Å². The minimum atomic E-state index is 0.886. The van der Waals surface area contributed by atoms with Crippen LogP contribution in [0.3, 0.4) is 0 Å². The zero-order valence-electron chi connectivity index (χ0n) is 29.2. The molecule has 0 aliphatic rings. The minimum Gasteiger partial charge on any atom is -0.456 e. The van der Waals surface area contributed by atoms with Crippen molar-refractivity contribution < 1.29 is 4.42 Å². The molecule has 55 heavy (non-hydrogen) atoms. The van der Waals surface area contributed by atoms with Crippen molar-refractivity contribution in [2.24, 2.45) is 0 Å². The molecule has 0 bridgehead atoms. The number of thiazole rings is 1. The highest BCUT2D eigenvalue weighted by Gasteiger charge is 2.19. The van der Waals surface area contributed by atoms with Crippen LogP contribution in [0.15, 0.2) is 174 Å². The Hall–Kier alpha value is -6.31. The van der Waals surface area contributed by atoms with Crippen LogP contribution in [0.2, 0.25) is 0 Å². The number of thiophene rings is 2. The van der Waals surface area contributed by atoms with Gasteiger partial charge >= 0.3 is 0 Å². The van der Waals surface area contributed by atoms with E-state index in [1.165, 1.54) is 40.3 Å². The Morgan fingerprint density at radius 1 is 0.400 bits per heavy atom. The average molecular weight is 757 g/mol. The van der Waals surface area contributed by atoms with Gasteiger partial charge in [0.05, 0.1) is 10.2 Å². The Bertz CT molecular complexity index is 3440. The maximum atomic E-state index is 6.39. The van der Waals surface area contributed by atoms with Crippen molar-refractivity contribution in [2.45, 2.75) is 0 Å². The number of nitrogens with zero attached hydrogens (tertiary/aromatic N) is 2. The predicted molar refractivity (Wildman–Crippen MR) is 238 cm³/mol. The number of aromatic nitrogens is 1. The summed E-state index contributed by atoms with van der Waals surface area (Å²) in [5.74, 6) is 0. The first-order valence-electron chi connectivity index (χ1n) is 18.3. The molecule has 12 aromatic rings. The van der Waals surface area contributed by atoms with Crippen LogP contribution >= 0.6 is 34.0 Å². The molecule has 0 saturated carbocycles. The molecule has 4 heterocycles. The summed E-state index contributed by atoms with van der Waals surface area (Å²) in [6, 6.07) is 61.3. The second kappa shape index (κ2) is 12.1. The summed E-state index contributed by atoms with van der Waals surface area (Å²) < 4.78 is 12.8. The van der Waals surface area contributed by atoms with Crippen molar-refractivity contribution >= 4 is 124 Å². The van der Waals surface area contributed by atoms with Crippen LogP contribution in [0.25, 0.3) is 94.2 Å². The van der Waals surface area contributed by atoms with Crippen molar-refractivity contribution in [1.29, 1.82) is 0 Å². The van der Waals surface area contributed by atoms with Crippen LogP contribution in [0.5, 0.6) is 0 Å². The molecule has 4 aromatic heterocycles. The average Bonchev–Trinajstić information content (AvgIpc) is 4.02. The second-order valence-electron chi connectivity index (χ2n) is 13.9. The highest BCUT2D eigenvalue weighted by Crippen LogP contribution is 2.45. The van der Waals surface area contributed by atoms with E-state index in [4.69, 9.17) is 9.40 Å². The quantitative estimate of drug-likeness (QED) is 0.175. The van der Waals surface area contributed by atoms with Gasteiger partial charge in [0.1, 0.15) is 16.2 Å². The summed E-state index contributed by atoms with van der Waals surface area (Å²) in [5.41, 5.74) is 9.59. The van der Waals surface area contributed by atoms with Crippen LogP contribution < -0.4 is 4.90 Å². The van der Waals surface area contributed by atoms with Crippen molar-refractivity contribution in [3.8, 4) is 21.7 Å². The largest absolute Gasteiger partial charge is 0.456 e. The van der Waals surface area contributed by atoms with E-state index in [0.717, 1.165) is 70.9 Å². The van der Waals surface area contributed by atoms with Crippen molar-refractivity contribution in [2.75, 3.05) is 4.90 Å². The number of furan rings is 1. The van der Waals surface area contributed by atoms with Gasteiger partial charge in [-0.3, -0.25) is 0 Å². The van der Waals surface area contributed by atoms with Gasteiger partial charge in [0, 0.05) is 73.7 Å². The van der Waals surface area contributed by atoms with E-state index < -0.39 is 0 Å². The zero-order chi connectivity index (χ0) is 36.0. The molecule has 0 spiro atoms. The molecular formula is C49H28N2OS3. The maximum absolute atomic E-state index is 6.39. The van der Waals surface area contributed by atoms with Gasteiger partial charge in [-0.15, -0.1) is 34.0 Å². The maximum Gasteiger partial charge on any atom is 0.137 e. The predicted octanol–water partition coefficient (Wildman–Crippen LogP) is 15.7. The standard InChI is InChI=1S/C49H28N2OS3/c1-2-8-30(9-3-1)49-50-40-22-24-42-47(48(40)55-49)39-26-31(16-23-41(39)52-42)29-14-17-32(18-15-29)51(33-20-25-45-38(27-33)36-11-5-7-13-44(36)53-45)34-19-21-37-35-10-4-6-12-43(35)54-46(37)28-34/h1-28H. The fourth-order valence-electron chi connectivity index (χ4n) is 8.09. The van der Waals surface area contributed by atoms with Gasteiger partial charge < -0.3 is 9.32 Å². The fourth-order valence-corrected chi connectivity index (χ4v) is 11.4. The lowest BCUT2D eigenvalue weighted by Crippen LogP contribution is -2.09. The number of rotatable bonds is 5. The first kappa shape index (κ1) is 31.1. The van der Waals surface area contributed by atoms with Gasteiger partial charge in [-0.25, -0.2) is 4.98 Å². The van der Waals surface area contributed by atoms with Crippen LogP contribution in [0, 0.1) is 0 Å². The van der Waals surface area contributed by atoms with E-state index >= 15 is 0 Å². The first-order chi connectivity index (χ1) is 27.2. The lowest BCUT2D eigenvalue weighted by atomic mass is 10.0. The summed E-state index contributed by atoms with van der Waals surface area (Å²) >= 11 is 5.44. The zero-order valence-corrected chi connectivity index (χ0v) is 31.6. The molecule has 12 rings (SSSR count). The first-order valence-corrected chi connectivity index (χ1v) is 20.7. The molecule has 6 heteroatoms. The molecule has 0 aliphatic carbocycles. The molecule has 0 atom stereocenters. The Balaban J connectivity index is 0.984. The number of fused-ring (bicyclic) bond motifs is 11. The van der Waals surface area contributed by atoms with Gasteiger partial charge in [0.2, 0.25) is 0 Å². The van der Waals surface area contributed by atoms with Crippen molar-refractivity contribution in [3.05, 3.63) is 170 Å². The number of hydrogen-bond donors (Lipinski definition) is 0. The molecule has 258 valence electrons. The normalized spacial score (nSPS) is 12.0. The molecule has 0 unspecified atom stereocenters. The number of hydrogen-bond acceptors (Lipinski definition) is 6. The third-order valence-electron chi connectivity index (χ3n) is 10.7. The van der Waals surface area contributed by atoms with Gasteiger partial charge in [0.25, 0.3) is 0 Å². The number of anilines is 3. The summed E-state index contributed by atoms with van der Waals surface area (Å²) in [5, 5.41) is 8.46. The van der Waals surface area contributed by atoms with Crippen LogP contribution in [0.1, 0.15) is 0 Å². The highest BCUT2D eigenvalue weighted by atomic mass is 32.1. The Morgan fingerprint density at radius 3 is 1.87 bits per heavy atom. The van der Waals surface area contributed by atoms with Gasteiger partial charge in [-0.05, 0) is 90.0 Å². The molecule has 0 amide bonds. The third-order valence-corrected chi connectivity index (χ3v) is 14.1.